The molecule has 1 aromatic carbocycles. The van der Waals surface area contributed by atoms with Crippen LogP contribution in [0.2, 0.25) is 0 Å². The highest BCUT2D eigenvalue weighted by molar-refractivity contribution is 5.93. The molecule has 1 N–H and O–H groups in total. The molecule has 0 aliphatic rings. The molecule has 4 rings (SSSR count). The van der Waals surface area contributed by atoms with Gasteiger partial charge in [0.05, 0.1) is 29.2 Å². The molecule has 0 aliphatic carbocycles. The van der Waals surface area contributed by atoms with Crippen LogP contribution in [0.25, 0.3) is 22.6 Å². The van der Waals surface area contributed by atoms with Gasteiger partial charge in [-0.3, -0.25) is 0 Å². The molecule has 0 bridgehead atoms. The first-order chi connectivity index (χ1) is 11.3. The van der Waals surface area contributed by atoms with Crippen molar-refractivity contribution in [2.45, 2.75) is 6.61 Å². The van der Waals surface area contributed by atoms with Crippen molar-refractivity contribution in [2.24, 2.45) is 0 Å². The van der Waals surface area contributed by atoms with Gasteiger partial charge in [-0.2, -0.15) is 0 Å². The first-order valence-electron chi connectivity index (χ1n) is 6.89. The highest BCUT2D eigenvalue weighted by atomic mass is 16.5. The van der Waals surface area contributed by atoms with E-state index < -0.39 is 5.97 Å². The summed E-state index contributed by atoms with van der Waals surface area (Å²) in [6.45, 7) is 0.0179. The fourth-order valence-corrected chi connectivity index (χ4v) is 2.20. The van der Waals surface area contributed by atoms with Crippen LogP contribution in [-0.4, -0.2) is 21.1 Å². The molecule has 3 aromatic heterocycles. The molecule has 23 heavy (non-hydrogen) atoms. The van der Waals surface area contributed by atoms with Crippen molar-refractivity contribution in [3.05, 3.63) is 60.2 Å². The van der Waals surface area contributed by atoms with E-state index in [-0.39, 0.29) is 6.61 Å². The predicted octanol–water partition coefficient (Wildman–Crippen LogP) is 3.17. The Labute approximate surface area is 129 Å². The van der Waals surface area contributed by atoms with Crippen LogP contribution in [0.1, 0.15) is 16.1 Å². The largest absolute Gasteiger partial charge is 0.461 e. The second kappa shape index (κ2) is 5.45. The van der Waals surface area contributed by atoms with Crippen LogP contribution >= 0.6 is 0 Å². The highest BCUT2D eigenvalue weighted by Crippen LogP contribution is 2.21. The van der Waals surface area contributed by atoms with Gasteiger partial charge in [0.25, 0.3) is 0 Å². The quantitative estimate of drug-likeness (QED) is 0.582. The molecule has 0 aliphatic heterocycles. The molecule has 0 fully saturated rings. The molecule has 0 radical (unpaired) electrons. The van der Waals surface area contributed by atoms with Crippen molar-refractivity contribution in [3.63, 3.8) is 0 Å². The number of carbonyl (C=O) groups excluding carboxylic acids is 1. The predicted molar refractivity (Wildman–Crippen MR) is 79.4 cm³/mol. The van der Waals surface area contributed by atoms with Crippen LogP contribution in [0.5, 0.6) is 0 Å². The fraction of sp³-hybridized carbons (Fsp3) is 0.0625. The summed E-state index contributed by atoms with van der Waals surface area (Å²) in [5.74, 6) is 0.615. The lowest BCUT2D eigenvalue weighted by Gasteiger charge is -2.02. The van der Waals surface area contributed by atoms with Crippen LogP contribution in [0, 0.1) is 0 Å². The van der Waals surface area contributed by atoms with E-state index in [9.17, 15) is 4.79 Å². The molecule has 4 aromatic rings. The minimum absolute atomic E-state index is 0.0179. The van der Waals surface area contributed by atoms with Crippen molar-refractivity contribution >= 4 is 17.0 Å². The van der Waals surface area contributed by atoms with Crippen LogP contribution in [-0.2, 0) is 11.3 Å². The summed E-state index contributed by atoms with van der Waals surface area (Å²) in [6, 6.07) is 10.3. The zero-order valence-electron chi connectivity index (χ0n) is 11.9. The van der Waals surface area contributed by atoms with Gasteiger partial charge >= 0.3 is 5.97 Å². The standard InChI is InChI=1S/C16H11N3O4/c20-16(10-3-4-12-13(6-10)18-9-17-12)22-8-11-7-15(23-19-11)14-2-1-5-21-14/h1-7,9H,8H2,(H,17,18). The smallest absolute Gasteiger partial charge is 0.338 e. The number of aromatic amines is 1. The first kappa shape index (κ1) is 13.3. The topological polar surface area (TPSA) is 94.2 Å². The minimum Gasteiger partial charge on any atom is -0.461 e. The van der Waals surface area contributed by atoms with Gasteiger partial charge < -0.3 is 18.7 Å². The Morgan fingerprint density at radius 1 is 1.22 bits per heavy atom. The molecule has 0 amide bonds. The molecule has 114 valence electrons. The molecule has 3 heterocycles. The Morgan fingerprint density at radius 2 is 2.17 bits per heavy atom. The summed E-state index contributed by atoms with van der Waals surface area (Å²) in [6.07, 6.45) is 3.12. The summed E-state index contributed by atoms with van der Waals surface area (Å²) < 4.78 is 15.6. The van der Waals surface area contributed by atoms with Crippen molar-refractivity contribution < 1.29 is 18.5 Å². The lowest BCUT2D eigenvalue weighted by atomic mass is 10.2. The van der Waals surface area contributed by atoms with Gasteiger partial charge in [-0.05, 0) is 30.3 Å². The van der Waals surface area contributed by atoms with E-state index in [1.807, 2.05) is 0 Å². The molecule has 0 saturated heterocycles. The lowest BCUT2D eigenvalue weighted by molar-refractivity contribution is 0.0464. The van der Waals surface area contributed by atoms with E-state index in [1.54, 1.807) is 49.0 Å². The van der Waals surface area contributed by atoms with Crippen LogP contribution < -0.4 is 0 Å². The third kappa shape index (κ3) is 2.59. The number of benzene rings is 1. The zero-order valence-corrected chi connectivity index (χ0v) is 11.9. The lowest BCUT2D eigenvalue weighted by Crippen LogP contribution is -2.05. The Hall–Kier alpha value is -3.35. The summed E-state index contributed by atoms with van der Waals surface area (Å²) in [4.78, 5) is 19.1. The van der Waals surface area contributed by atoms with Crippen molar-refractivity contribution in [1.82, 2.24) is 15.1 Å². The Bertz CT molecular complexity index is 953. The number of hydrogen-bond acceptors (Lipinski definition) is 6. The normalized spacial score (nSPS) is 11.0. The number of hydrogen-bond donors (Lipinski definition) is 1. The van der Waals surface area contributed by atoms with Crippen molar-refractivity contribution in [3.8, 4) is 11.5 Å². The minimum atomic E-state index is -0.441. The molecule has 0 saturated carbocycles. The number of carbonyl (C=O) groups is 1. The fourth-order valence-electron chi connectivity index (χ4n) is 2.20. The first-order valence-corrected chi connectivity index (χ1v) is 6.89. The van der Waals surface area contributed by atoms with E-state index in [0.29, 0.717) is 22.8 Å². The average molecular weight is 309 g/mol. The maximum absolute atomic E-state index is 12.1. The molecule has 7 nitrogen and oxygen atoms in total. The second-order valence-electron chi connectivity index (χ2n) is 4.87. The number of rotatable bonds is 4. The summed E-state index contributed by atoms with van der Waals surface area (Å²) in [7, 11) is 0. The van der Waals surface area contributed by atoms with Crippen LogP contribution in [0.3, 0.4) is 0 Å². The summed E-state index contributed by atoms with van der Waals surface area (Å²) >= 11 is 0. The van der Waals surface area contributed by atoms with Crippen LogP contribution in [0.15, 0.2) is 57.9 Å². The molecule has 0 atom stereocenters. The van der Waals surface area contributed by atoms with Gasteiger partial charge in [-0.1, -0.05) is 5.16 Å². The summed E-state index contributed by atoms with van der Waals surface area (Å²) in [5, 5.41) is 3.85. The van der Waals surface area contributed by atoms with Gasteiger partial charge in [0.2, 0.25) is 5.76 Å². The molecule has 7 heteroatoms. The zero-order chi connectivity index (χ0) is 15.6. The van der Waals surface area contributed by atoms with Gasteiger partial charge in [-0.15, -0.1) is 0 Å². The number of imidazole rings is 1. The average Bonchev–Trinajstić information content (AvgIpc) is 3.32. The number of esters is 1. The maximum Gasteiger partial charge on any atom is 0.338 e. The number of nitrogens with one attached hydrogen (secondary N) is 1. The van der Waals surface area contributed by atoms with Crippen molar-refractivity contribution in [2.75, 3.05) is 0 Å². The van der Waals surface area contributed by atoms with E-state index in [0.717, 1.165) is 11.0 Å². The van der Waals surface area contributed by atoms with Gasteiger partial charge in [0.1, 0.15) is 12.3 Å². The Morgan fingerprint density at radius 3 is 3.04 bits per heavy atom. The third-order valence-corrected chi connectivity index (χ3v) is 3.33. The van der Waals surface area contributed by atoms with E-state index in [4.69, 9.17) is 13.7 Å². The number of furan rings is 1. The van der Waals surface area contributed by atoms with Gasteiger partial charge in [-0.25, -0.2) is 9.78 Å². The SMILES string of the molecule is O=C(OCc1cc(-c2ccco2)on1)c1ccc2nc[nH]c2c1. The maximum atomic E-state index is 12.1. The third-order valence-electron chi connectivity index (χ3n) is 3.33. The monoisotopic (exact) mass is 309 g/mol. The van der Waals surface area contributed by atoms with Gasteiger partial charge in [0.15, 0.2) is 5.76 Å². The number of aromatic nitrogens is 3. The second-order valence-corrected chi connectivity index (χ2v) is 4.87. The van der Waals surface area contributed by atoms with Gasteiger partial charge in [0, 0.05) is 6.07 Å². The van der Waals surface area contributed by atoms with E-state index >= 15 is 0 Å². The number of nitrogens with zero attached hydrogens (tertiary/aromatic N) is 2. The molecule has 0 spiro atoms. The van der Waals surface area contributed by atoms with E-state index in [1.165, 1.54) is 0 Å². The van der Waals surface area contributed by atoms with E-state index in [2.05, 4.69) is 15.1 Å². The molecule has 0 unspecified atom stereocenters. The Kier molecular flexibility index (Phi) is 3.16. The molecular formula is C16H11N3O4. The number of ether oxygens (including phenoxy) is 1. The van der Waals surface area contributed by atoms with Crippen LogP contribution in [0.4, 0.5) is 0 Å². The summed E-state index contributed by atoms with van der Waals surface area (Å²) in [5.41, 5.74) is 2.52. The number of fused-ring (bicyclic) bond motifs is 1. The number of H-pyrrole nitrogens is 1. The highest BCUT2D eigenvalue weighted by Gasteiger charge is 2.13. The molecular weight excluding hydrogens is 298 g/mol. The van der Waals surface area contributed by atoms with Crippen molar-refractivity contribution in [1.29, 1.82) is 0 Å². The Balaban J connectivity index is 1.45.